The highest BCUT2D eigenvalue weighted by Gasteiger charge is 2.36. The molecule has 1 saturated heterocycles. The van der Waals surface area contributed by atoms with E-state index >= 15 is 0 Å². The van der Waals surface area contributed by atoms with Crippen molar-refractivity contribution in [2.75, 3.05) is 24.6 Å². The largest absolute Gasteiger partial charge is 0.393 e. The number of aliphatic hydroxyl groups is 1. The highest BCUT2D eigenvalue weighted by atomic mass is 32.2. The number of piperidine rings is 1. The molecule has 0 aromatic rings. The van der Waals surface area contributed by atoms with Crippen LogP contribution in [0.15, 0.2) is 0 Å². The van der Waals surface area contributed by atoms with Gasteiger partial charge in [-0.15, -0.1) is 0 Å². The van der Waals surface area contributed by atoms with Crippen molar-refractivity contribution in [3.05, 3.63) is 0 Å². The molecule has 0 bridgehead atoms. The highest BCUT2D eigenvalue weighted by molar-refractivity contribution is 7.91. The summed E-state index contributed by atoms with van der Waals surface area (Å²) in [6, 6.07) is 0.401. The second-order valence-corrected chi connectivity index (χ2v) is 8.47. The molecule has 1 heterocycles. The van der Waals surface area contributed by atoms with E-state index in [4.69, 9.17) is 0 Å². The first-order valence-electron chi connectivity index (χ1n) is 7.66. The summed E-state index contributed by atoms with van der Waals surface area (Å²) in [6.07, 6.45) is 6.45. The molecule has 1 aliphatic carbocycles. The topological polar surface area (TPSA) is 57.6 Å². The fourth-order valence-corrected chi connectivity index (χ4v) is 4.40. The van der Waals surface area contributed by atoms with E-state index in [0.29, 0.717) is 18.5 Å². The molecule has 2 rings (SSSR count). The number of hydrogen-bond acceptors (Lipinski definition) is 4. The number of aliphatic hydroxyl groups excluding tert-OH is 1. The van der Waals surface area contributed by atoms with Crippen molar-refractivity contribution in [2.24, 2.45) is 5.92 Å². The van der Waals surface area contributed by atoms with Gasteiger partial charge in [-0.3, -0.25) is 4.90 Å². The average Bonchev–Trinajstić information content (AvgIpc) is 2.83. The number of likely N-dealkylation sites (tertiary alicyclic amines) is 1. The van der Waals surface area contributed by atoms with Crippen molar-refractivity contribution in [1.29, 1.82) is 0 Å². The van der Waals surface area contributed by atoms with Crippen molar-refractivity contribution < 1.29 is 13.5 Å². The maximum Gasteiger partial charge on any atom is 0.151 e. The Balaban J connectivity index is 1.96. The molecule has 3 unspecified atom stereocenters. The van der Waals surface area contributed by atoms with E-state index in [9.17, 15) is 13.5 Å². The molecule has 2 fully saturated rings. The first-order valence-corrected chi connectivity index (χ1v) is 9.48. The van der Waals surface area contributed by atoms with Gasteiger partial charge in [0, 0.05) is 24.3 Å². The highest BCUT2D eigenvalue weighted by Crippen LogP contribution is 2.35. The minimum absolute atomic E-state index is 0.173. The molecule has 1 N–H and O–H groups in total. The molecule has 0 aromatic carbocycles. The average molecular weight is 289 g/mol. The van der Waals surface area contributed by atoms with Crippen molar-refractivity contribution >= 4 is 9.84 Å². The Labute approximate surface area is 117 Å². The third-order valence-electron chi connectivity index (χ3n) is 4.82. The van der Waals surface area contributed by atoms with Gasteiger partial charge in [0.05, 0.1) is 11.9 Å². The summed E-state index contributed by atoms with van der Waals surface area (Å²) >= 11 is 0. The fourth-order valence-electron chi connectivity index (χ4n) is 3.60. The van der Waals surface area contributed by atoms with Crippen LogP contribution >= 0.6 is 0 Å². The summed E-state index contributed by atoms with van der Waals surface area (Å²) in [5.74, 6) is 0.866. The van der Waals surface area contributed by atoms with E-state index < -0.39 is 9.84 Å². The van der Waals surface area contributed by atoms with Gasteiger partial charge in [-0.2, -0.15) is 0 Å². The van der Waals surface area contributed by atoms with Crippen molar-refractivity contribution in [1.82, 2.24) is 4.90 Å². The lowest BCUT2D eigenvalue weighted by molar-refractivity contribution is 0.0388. The quantitative estimate of drug-likeness (QED) is 0.832. The molecule has 19 heavy (non-hydrogen) atoms. The third-order valence-corrected chi connectivity index (χ3v) is 6.50. The van der Waals surface area contributed by atoms with Crippen LogP contribution in [0.5, 0.6) is 0 Å². The maximum absolute atomic E-state index is 11.7. The van der Waals surface area contributed by atoms with Gasteiger partial charge < -0.3 is 5.11 Å². The molecule has 2 aliphatic rings. The van der Waals surface area contributed by atoms with Crippen LogP contribution in [-0.2, 0) is 9.84 Å². The molecule has 0 amide bonds. The Morgan fingerprint density at radius 2 is 1.95 bits per heavy atom. The van der Waals surface area contributed by atoms with E-state index in [2.05, 4.69) is 4.90 Å². The normalized spacial score (nSPS) is 33.7. The van der Waals surface area contributed by atoms with Crippen LogP contribution in [0, 0.1) is 5.92 Å². The molecule has 112 valence electrons. The van der Waals surface area contributed by atoms with Gasteiger partial charge in [-0.1, -0.05) is 19.8 Å². The Bertz CT molecular complexity index is 382. The summed E-state index contributed by atoms with van der Waals surface area (Å²) in [6.45, 7) is 3.35. The molecule has 1 aliphatic heterocycles. The summed E-state index contributed by atoms with van der Waals surface area (Å²) in [5, 5.41) is 10.1. The van der Waals surface area contributed by atoms with Gasteiger partial charge in [0.15, 0.2) is 9.84 Å². The Kier molecular flexibility index (Phi) is 5.26. The van der Waals surface area contributed by atoms with Crippen LogP contribution in [0.4, 0.5) is 0 Å². The van der Waals surface area contributed by atoms with Crippen molar-refractivity contribution in [2.45, 2.75) is 57.6 Å². The van der Waals surface area contributed by atoms with Crippen LogP contribution < -0.4 is 0 Å². The van der Waals surface area contributed by atoms with Crippen LogP contribution in [0.2, 0.25) is 0 Å². The van der Waals surface area contributed by atoms with E-state index in [1.165, 1.54) is 6.42 Å². The van der Waals surface area contributed by atoms with E-state index in [1.807, 2.05) is 0 Å². The maximum atomic E-state index is 11.7. The van der Waals surface area contributed by atoms with Crippen LogP contribution in [-0.4, -0.2) is 55.2 Å². The monoisotopic (exact) mass is 289 g/mol. The zero-order valence-electron chi connectivity index (χ0n) is 11.9. The lowest BCUT2D eigenvalue weighted by Gasteiger charge is -2.40. The minimum Gasteiger partial charge on any atom is -0.393 e. The zero-order chi connectivity index (χ0) is 13.9. The molecular weight excluding hydrogens is 262 g/mol. The molecular formula is C14H27NO3S. The van der Waals surface area contributed by atoms with E-state index in [-0.39, 0.29) is 17.6 Å². The Hall–Kier alpha value is -0.130. The molecule has 0 spiro atoms. The molecule has 5 heteroatoms. The second kappa shape index (κ2) is 6.55. The molecule has 1 saturated carbocycles. The summed E-state index contributed by atoms with van der Waals surface area (Å²) < 4.78 is 23.3. The number of nitrogens with zero attached hydrogens (tertiary/aromatic N) is 1. The SMILES string of the molecule is CCS(=O)(=O)CCN1CCCCC1C1CCCC1O. The summed E-state index contributed by atoms with van der Waals surface area (Å²) in [7, 11) is -2.88. The van der Waals surface area contributed by atoms with Crippen LogP contribution in [0.25, 0.3) is 0 Å². The number of hydrogen-bond donors (Lipinski definition) is 1. The van der Waals surface area contributed by atoms with Gasteiger partial charge in [-0.25, -0.2) is 8.42 Å². The Morgan fingerprint density at radius 1 is 1.16 bits per heavy atom. The second-order valence-electron chi connectivity index (χ2n) is 6.00. The third kappa shape index (κ3) is 3.92. The lowest BCUT2D eigenvalue weighted by Crippen LogP contribution is -2.48. The number of sulfone groups is 1. The molecule has 0 aromatic heterocycles. The van der Waals surface area contributed by atoms with Crippen LogP contribution in [0.3, 0.4) is 0 Å². The summed E-state index contributed by atoms with van der Waals surface area (Å²) in [4.78, 5) is 2.33. The van der Waals surface area contributed by atoms with E-state index in [0.717, 1.165) is 38.6 Å². The predicted octanol–water partition coefficient (Wildman–Crippen LogP) is 1.44. The minimum atomic E-state index is -2.88. The fraction of sp³-hybridized carbons (Fsp3) is 1.00. The van der Waals surface area contributed by atoms with Crippen LogP contribution in [0.1, 0.15) is 45.4 Å². The molecule has 4 nitrogen and oxygen atoms in total. The first-order chi connectivity index (χ1) is 9.03. The molecule has 3 atom stereocenters. The molecule has 0 radical (unpaired) electrons. The Morgan fingerprint density at radius 3 is 2.58 bits per heavy atom. The van der Waals surface area contributed by atoms with Gasteiger partial charge in [0.25, 0.3) is 0 Å². The van der Waals surface area contributed by atoms with Gasteiger partial charge in [0.1, 0.15) is 0 Å². The van der Waals surface area contributed by atoms with E-state index in [1.54, 1.807) is 6.92 Å². The van der Waals surface area contributed by atoms with Crippen molar-refractivity contribution in [3.63, 3.8) is 0 Å². The van der Waals surface area contributed by atoms with Gasteiger partial charge in [-0.05, 0) is 32.2 Å². The zero-order valence-corrected chi connectivity index (χ0v) is 12.7. The van der Waals surface area contributed by atoms with Gasteiger partial charge >= 0.3 is 0 Å². The van der Waals surface area contributed by atoms with Crippen molar-refractivity contribution in [3.8, 4) is 0 Å². The first kappa shape index (κ1) is 15.3. The van der Waals surface area contributed by atoms with Gasteiger partial charge in [0.2, 0.25) is 0 Å². The number of rotatable bonds is 5. The lowest BCUT2D eigenvalue weighted by atomic mass is 9.88. The standard InChI is InChI=1S/C14H27NO3S/c1-2-19(17,18)11-10-15-9-4-3-7-13(15)12-6-5-8-14(12)16/h12-14,16H,2-11H2,1H3. The predicted molar refractivity (Wildman–Crippen MR) is 76.9 cm³/mol. The smallest absolute Gasteiger partial charge is 0.151 e. The summed E-state index contributed by atoms with van der Waals surface area (Å²) in [5.41, 5.74) is 0.